The fraction of sp³-hybridized carbons (Fsp3) is 0.333. The Labute approximate surface area is 219 Å². The number of β-lactam (4-membered cyclic amide) rings is 1. The maximum atomic E-state index is 13.0. The van der Waals surface area contributed by atoms with E-state index in [4.69, 9.17) is 15.3 Å². The zero-order chi connectivity index (χ0) is 26.9. The minimum Gasteiger partial charge on any atom is -0.488 e. The Balaban J connectivity index is 1.52. The molecule has 196 valence electrons. The van der Waals surface area contributed by atoms with Gasteiger partial charge in [0.25, 0.3) is 17.7 Å². The van der Waals surface area contributed by atoms with Crippen LogP contribution in [-0.4, -0.2) is 88.6 Å². The molecule has 4 rings (SSSR count). The second kappa shape index (κ2) is 10.6. The number of thiazole rings is 1. The first-order valence-corrected chi connectivity index (χ1v) is 13.0. The summed E-state index contributed by atoms with van der Waals surface area (Å²) in [4.78, 5) is 62.4. The first-order valence-electron chi connectivity index (χ1n) is 10.1. The quantitative estimate of drug-likeness (QED) is 0.102. The number of thioether (sulfide) groups is 2. The topological polar surface area (TPSA) is 224 Å². The van der Waals surface area contributed by atoms with Gasteiger partial charge in [-0.3, -0.25) is 19.3 Å². The standard InChI is InChI=1S/C18H18N8O8S3/c1-25-17(22-11(28)12(29)23-25)37-4-6-3-35-15-9(13(30)26(15)14(6)34-18(31)32)21-10(27)8(24-33-2)7-5-36-16(19)20-7/h5,9,15H,3-4H2,1-2H3,(H2,19,20)(H,21,27)(H,23,29)(H,31,32)/b24-8-/t9-,15+/m1/s1. The van der Waals surface area contributed by atoms with Crippen molar-refractivity contribution in [3.8, 4) is 5.88 Å². The summed E-state index contributed by atoms with van der Waals surface area (Å²) in [5.74, 6) is -1.93. The smallest absolute Gasteiger partial charge is 0.488 e. The summed E-state index contributed by atoms with van der Waals surface area (Å²) in [7, 11) is 2.72. The number of nitrogens with zero attached hydrogens (tertiary/aromatic N) is 6. The van der Waals surface area contributed by atoms with Crippen LogP contribution in [0.15, 0.2) is 31.9 Å². The SMILES string of the molecule is CO/N=C(\C(=O)N[C@@H]1C(=O)N2C(OC(=O)O)=C(CSc3nc(=O)c(O)nn3C)CS[C@@H]12)c1csc(N)n1. The molecule has 37 heavy (non-hydrogen) atoms. The van der Waals surface area contributed by atoms with Crippen molar-refractivity contribution >= 4 is 63.7 Å². The number of aromatic hydroxyl groups is 1. The molecule has 2 aliphatic rings. The minimum atomic E-state index is -1.63. The second-order valence-electron chi connectivity index (χ2n) is 7.27. The Hall–Kier alpha value is -3.84. The molecule has 0 radical (unpaired) electrons. The van der Waals surface area contributed by atoms with E-state index in [1.807, 2.05) is 0 Å². The molecule has 2 aromatic heterocycles. The molecular weight excluding hydrogens is 552 g/mol. The van der Waals surface area contributed by atoms with Crippen LogP contribution in [0.1, 0.15) is 5.69 Å². The third-order valence-electron chi connectivity index (χ3n) is 4.91. The number of ether oxygens (including phenoxy) is 1. The van der Waals surface area contributed by atoms with Gasteiger partial charge in [-0.05, 0) is 0 Å². The molecule has 4 heterocycles. The van der Waals surface area contributed by atoms with E-state index in [1.54, 1.807) is 0 Å². The lowest BCUT2D eigenvalue weighted by molar-refractivity contribution is -0.148. The van der Waals surface area contributed by atoms with Gasteiger partial charge in [0.1, 0.15) is 24.2 Å². The highest BCUT2D eigenvalue weighted by atomic mass is 32.2. The van der Waals surface area contributed by atoms with Gasteiger partial charge >= 0.3 is 11.7 Å². The molecule has 0 saturated carbocycles. The molecule has 0 unspecified atom stereocenters. The number of nitrogen functional groups attached to an aromatic ring is 1. The van der Waals surface area contributed by atoms with Crippen LogP contribution in [-0.2, 0) is 26.2 Å². The fourth-order valence-electron chi connectivity index (χ4n) is 3.33. The number of anilines is 1. The van der Waals surface area contributed by atoms with Crippen LogP contribution in [0.4, 0.5) is 9.93 Å². The Kier molecular flexibility index (Phi) is 7.55. The molecule has 19 heteroatoms. The lowest BCUT2D eigenvalue weighted by Gasteiger charge is -2.49. The highest BCUT2D eigenvalue weighted by Crippen LogP contribution is 2.41. The van der Waals surface area contributed by atoms with Gasteiger partial charge in [-0.1, -0.05) is 16.9 Å². The number of aryl methyl sites for hydroxylation is 1. The normalized spacial score (nSPS) is 19.2. The van der Waals surface area contributed by atoms with Gasteiger partial charge in [0, 0.05) is 29.5 Å². The molecule has 2 atom stereocenters. The first kappa shape index (κ1) is 26.2. The van der Waals surface area contributed by atoms with Crippen molar-refractivity contribution in [1.82, 2.24) is 30.0 Å². The number of rotatable bonds is 8. The lowest BCUT2D eigenvalue weighted by atomic mass is 10.1. The van der Waals surface area contributed by atoms with Gasteiger partial charge < -0.3 is 30.8 Å². The number of carbonyl (C=O) groups excluding carboxylic acids is 2. The van der Waals surface area contributed by atoms with Crippen molar-refractivity contribution in [2.24, 2.45) is 12.2 Å². The molecule has 1 saturated heterocycles. The van der Waals surface area contributed by atoms with Gasteiger partial charge in [0.15, 0.2) is 16.0 Å². The molecule has 0 aliphatic carbocycles. The summed E-state index contributed by atoms with van der Waals surface area (Å²) in [6.07, 6.45) is -1.63. The first-order chi connectivity index (χ1) is 17.6. The average Bonchev–Trinajstić information content (AvgIpc) is 3.27. The van der Waals surface area contributed by atoms with Crippen molar-refractivity contribution in [2.45, 2.75) is 16.6 Å². The highest BCUT2D eigenvalue weighted by molar-refractivity contribution is 8.01. The van der Waals surface area contributed by atoms with E-state index in [-0.39, 0.29) is 39.1 Å². The number of hydrogen-bond donors (Lipinski definition) is 4. The molecule has 2 amide bonds. The van der Waals surface area contributed by atoms with Crippen LogP contribution < -0.4 is 16.6 Å². The van der Waals surface area contributed by atoms with E-state index in [0.717, 1.165) is 28.0 Å². The van der Waals surface area contributed by atoms with Gasteiger partial charge in [-0.25, -0.2) is 14.5 Å². The van der Waals surface area contributed by atoms with E-state index < -0.39 is 40.8 Å². The Morgan fingerprint density at radius 1 is 1.38 bits per heavy atom. The summed E-state index contributed by atoms with van der Waals surface area (Å²) in [6.45, 7) is 0. The Morgan fingerprint density at radius 2 is 2.14 bits per heavy atom. The van der Waals surface area contributed by atoms with Crippen molar-refractivity contribution in [1.29, 1.82) is 0 Å². The molecule has 0 aromatic carbocycles. The molecule has 0 spiro atoms. The van der Waals surface area contributed by atoms with E-state index in [0.29, 0.717) is 5.57 Å². The largest absolute Gasteiger partial charge is 0.512 e. The van der Waals surface area contributed by atoms with Crippen molar-refractivity contribution < 1.29 is 34.2 Å². The molecular formula is C18H18N8O8S3. The predicted octanol–water partition coefficient (Wildman–Crippen LogP) is -0.631. The summed E-state index contributed by atoms with van der Waals surface area (Å²) in [5, 5.41) is 29.8. The van der Waals surface area contributed by atoms with Crippen LogP contribution in [0.3, 0.4) is 0 Å². The fourth-order valence-corrected chi connectivity index (χ4v) is 6.23. The number of hydrogen-bond acceptors (Lipinski definition) is 15. The van der Waals surface area contributed by atoms with Crippen LogP contribution in [0.2, 0.25) is 0 Å². The Morgan fingerprint density at radius 3 is 2.78 bits per heavy atom. The molecule has 2 aromatic rings. The summed E-state index contributed by atoms with van der Waals surface area (Å²) in [5.41, 5.74) is 5.14. The molecule has 5 N–H and O–H groups in total. The van der Waals surface area contributed by atoms with E-state index >= 15 is 0 Å². The second-order valence-corrected chi connectivity index (χ2v) is 10.2. The number of carboxylic acid groups (broad SMARTS) is 1. The van der Waals surface area contributed by atoms with Gasteiger partial charge in [0.05, 0.1) is 0 Å². The zero-order valence-electron chi connectivity index (χ0n) is 19.0. The van der Waals surface area contributed by atoms with Crippen molar-refractivity contribution in [2.75, 3.05) is 24.3 Å². The Bertz CT molecular complexity index is 1390. The number of nitrogens with two attached hydrogens (primary N) is 1. The van der Waals surface area contributed by atoms with Crippen LogP contribution in [0, 0.1) is 0 Å². The number of aromatic nitrogens is 4. The van der Waals surface area contributed by atoms with Crippen LogP contribution >= 0.6 is 34.9 Å². The maximum absolute atomic E-state index is 13.0. The molecule has 0 bridgehead atoms. The van der Waals surface area contributed by atoms with E-state index in [9.17, 15) is 29.4 Å². The minimum absolute atomic E-state index is 0.103. The summed E-state index contributed by atoms with van der Waals surface area (Å²) < 4.78 is 6.12. The highest BCUT2D eigenvalue weighted by Gasteiger charge is 2.54. The maximum Gasteiger partial charge on any atom is 0.512 e. The van der Waals surface area contributed by atoms with Gasteiger partial charge in [0.2, 0.25) is 5.88 Å². The van der Waals surface area contributed by atoms with Crippen molar-refractivity contribution in [3.05, 3.63) is 32.9 Å². The number of fused-ring (bicyclic) bond motifs is 1. The molecule has 16 nitrogen and oxygen atoms in total. The lowest BCUT2D eigenvalue weighted by Crippen LogP contribution is -2.70. The number of nitrogens with one attached hydrogen (secondary N) is 1. The van der Waals surface area contributed by atoms with Crippen LogP contribution in [0.25, 0.3) is 0 Å². The van der Waals surface area contributed by atoms with E-state index in [1.165, 1.54) is 36.0 Å². The van der Waals surface area contributed by atoms with Crippen LogP contribution in [0.5, 0.6) is 5.88 Å². The average molecular weight is 571 g/mol. The van der Waals surface area contributed by atoms with Crippen molar-refractivity contribution in [3.63, 3.8) is 0 Å². The predicted molar refractivity (Wildman–Crippen MR) is 131 cm³/mol. The number of carbonyl (C=O) groups is 3. The van der Waals surface area contributed by atoms with Gasteiger partial charge in [-0.2, -0.15) is 4.98 Å². The molecule has 1 fully saturated rings. The summed E-state index contributed by atoms with van der Waals surface area (Å²) >= 11 is 3.41. The third-order valence-corrected chi connectivity index (χ3v) is 8.03. The zero-order valence-corrected chi connectivity index (χ0v) is 21.4. The number of oxime groups is 1. The van der Waals surface area contributed by atoms with E-state index in [2.05, 4.69) is 25.5 Å². The summed E-state index contributed by atoms with van der Waals surface area (Å²) in [6, 6.07) is -0.999. The number of amides is 2. The molecule has 2 aliphatic heterocycles. The van der Waals surface area contributed by atoms with Gasteiger partial charge in [-0.15, -0.1) is 28.2 Å². The third kappa shape index (κ3) is 5.32. The monoisotopic (exact) mass is 570 g/mol.